The third-order valence-electron chi connectivity index (χ3n) is 3.65. The van der Waals surface area contributed by atoms with E-state index in [1.165, 1.54) is 0 Å². The summed E-state index contributed by atoms with van der Waals surface area (Å²) in [5.74, 6) is 0.360. The molecule has 0 aromatic rings. The van der Waals surface area contributed by atoms with Crippen molar-refractivity contribution in [3.05, 3.63) is 0 Å². The van der Waals surface area contributed by atoms with Gasteiger partial charge in [0.25, 0.3) is 0 Å². The van der Waals surface area contributed by atoms with Gasteiger partial charge in [-0.1, -0.05) is 0 Å². The third kappa shape index (κ3) is 2.88. The summed E-state index contributed by atoms with van der Waals surface area (Å²) in [6.45, 7) is 1.39. The van der Waals surface area contributed by atoms with Crippen LogP contribution in [0.5, 0.6) is 0 Å². The Morgan fingerprint density at radius 2 is 1.69 bits per heavy atom. The van der Waals surface area contributed by atoms with Crippen molar-refractivity contribution in [1.29, 1.82) is 0 Å². The molecule has 0 aromatic carbocycles. The lowest BCUT2D eigenvalue weighted by molar-refractivity contribution is -0.165. The first-order valence-electron chi connectivity index (χ1n) is 5.98. The van der Waals surface area contributed by atoms with E-state index >= 15 is 0 Å². The van der Waals surface area contributed by atoms with E-state index in [1.54, 1.807) is 0 Å². The predicted molar refractivity (Wildman–Crippen MR) is 54.2 cm³/mol. The minimum Gasteiger partial charge on any atom is -0.381 e. The number of rotatable bonds is 1. The molecule has 0 spiro atoms. The molecule has 0 radical (unpaired) electrons. The maximum atomic E-state index is 12.6. The predicted octanol–water partition coefficient (Wildman–Crippen LogP) is 2.49. The van der Waals surface area contributed by atoms with E-state index in [9.17, 15) is 13.2 Å². The first kappa shape index (κ1) is 12.2. The van der Waals surface area contributed by atoms with Gasteiger partial charge in [-0.25, -0.2) is 0 Å². The lowest BCUT2D eigenvalue weighted by Gasteiger charge is -2.38. The monoisotopic (exact) mass is 237 g/mol. The van der Waals surface area contributed by atoms with Gasteiger partial charge in [0.05, 0.1) is 0 Å². The summed E-state index contributed by atoms with van der Waals surface area (Å²) in [6, 6.07) is -1.27. The van der Waals surface area contributed by atoms with Crippen LogP contribution in [0, 0.1) is 5.92 Å². The Morgan fingerprint density at radius 3 is 2.31 bits per heavy atom. The van der Waals surface area contributed by atoms with Gasteiger partial charge in [-0.2, -0.15) is 13.2 Å². The molecule has 2 aliphatic heterocycles. The van der Waals surface area contributed by atoms with Crippen LogP contribution < -0.4 is 5.32 Å². The fraction of sp³-hybridized carbons (Fsp3) is 1.00. The molecule has 2 aliphatic rings. The van der Waals surface area contributed by atoms with Crippen molar-refractivity contribution in [1.82, 2.24) is 5.32 Å². The van der Waals surface area contributed by atoms with Crippen LogP contribution in [-0.2, 0) is 4.74 Å². The Kier molecular flexibility index (Phi) is 3.74. The number of hydrogen-bond donors (Lipinski definition) is 1. The normalized spacial score (nSPS) is 33.9. The zero-order chi connectivity index (χ0) is 11.6. The van der Waals surface area contributed by atoms with Crippen molar-refractivity contribution in [2.45, 2.75) is 50.4 Å². The highest BCUT2D eigenvalue weighted by Gasteiger charge is 2.43. The van der Waals surface area contributed by atoms with E-state index in [0.717, 1.165) is 19.3 Å². The fourth-order valence-corrected chi connectivity index (χ4v) is 2.72. The van der Waals surface area contributed by atoms with Crippen LogP contribution in [0.4, 0.5) is 13.2 Å². The minimum absolute atomic E-state index is 0.0317. The summed E-state index contributed by atoms with van der Waals surface area (Å²) < 4.78 is 43.0. The molecule has 2 nitrogen and oxygen atoms in total. The molecule has 0 amide bonds. The molecule has 1 N–H and O–H groups in total. The molecule has 5 heteroatoms. The molecular weight excluding hydrogens is 219 g/mol. The number of piperidine rings is 1. The van der Waals surface area contributed by atoms with Crippen LogP contribution in [0.1, 0.15) is 32.1 Å². The molecule has 0 bridgehead atoms. The minimum atomic E-state index is -4.09. The lowest BCUT2D eigenvalue weighted by atomic mass is 9.85. The van der Waals surface area contributed by atoms with Crippen molar-refractivity contribution in [2.24, 2.45) is 5.92 Å². The Labute approximate surface area is 93.5 Å². The molecule has 0 saturated carbocycles. The van der Waals surface area contributed by atoms with Gasteiger partial charge in [0.15, 0.2) is 0 Å². The second-order valence-electron chi connectivity index (χ2n) is 4.75. The molecule has 2 heterocycles. The number of ether oxygens (including phenoxy) is 1. The van der Waals surface area contributed by atoms with Crippen LogP contribution in [0.2, 0.25) is 0 Å². The largest absolute Gasteiger partial charge is 0.403 e. The van der Waals surface area contributed by atoms with Gasteiger partial charge in [0, 0.05) is 19.3 Å². The van der Waals surface area contributed by atoms with Crippen molar-refractivity contribution < 1.29 is 17.9 Å². The van der Waals surface area contributed by atoms with Gasteiger partial charge in [0.2, 0.25) is 0 Å². The Morgan fingerprint density at radius 1 is 1.00 bits per heavy atom. The molecule has 16 heavy (non-hydrogen) atoms. The second kappa shape index (κ2) is 4.92. The van der Waals surface area contributed by atoms with Gasteiger partial charge in [0.1, 0.15) is 6.04 Å². The SMILES string of the molecule is FC(F)(F)C1CCCC(C2CCOCC2)N1. The van der Waals surface area contributed by atoms with Gasteiger partial charge < -0.3 is 10.1 Å². The van der Waals surface area contributed by atoms with E-state index in [-0.39, 0.29) is 12.5 Å². The zero-order valence-electron chi connectivity index (χ0n) is 9.22. The quantitative estimate of drug-likeness (QED) is 0.756. The van der Waals surface area contributed by atoms with Crippen LogP contribution in [0.15, 0.2) is 0 Å². The molecule has 2 atom stereocenters. The Hall–Kier alpha value is -0.290. The van der Waals surface area contributed by atoms with E-state index in [1.807, 2.05) is 0 Å². The van der Waals surface area contributed by atoms with Crippen LogP contribution in [-0.4, -0.2) is 31.5 Å². The summed E-state index contributed by atoms with van der Waals surface area (Å²) in [5, 5.41) is 2.78. The van der Waals surface area contributed by atoms with Crippen molar-refractivity contribution in [3.63, 3.8) is 0 Å². The van der Waals surface area contributed by atoms with Gasteiger partial charge in [-0.3, -0.25) is 0 Å². The highest BCUT2D eigenvalue weighted by Crippen LogP contribution is 2.32. The zero-order valence-corrected chi connectivity index (χ0v) is 9.22. The van der Waals surface area contributed by atoms with Crippen molar-refractivity contribution in [2.75, 3.05) is 13.2 Å². The number of alkyl halides is 3. The lowest BCUT2D eigenvalue weighted by Crippen LogP contribution is -2.53. The molecule has 2 unspecified atom stereocenters. The summed E-state index contributed by atoms with van der Waals surface area (Å²) in [6.07, 6.45) is -0.534. The third-order valence-corrected chi connectivity index (χ3v) is 3.65. The number of halogens is 3. The molecular formula is C11H18F3NO. The van der Waals surface area contributed by atoms with Gasteiger partial charge in [-0.05, 0) is 38.0 Å². The molecule has 2 saturated heterocycles. The van der Waals surface area contributed by atoms with Gasteiger partial charge in [-0.15, -0.1) is 0 Å². The molecule has 2 fully saturated rings. The Bertz CT molecular complexity index is 226. The average Bonchev–Trinajstić information content (AvgIpc) is 2.29. The van der Waals surface area contributed by atoms with Crippen LogP contribution >= 0.6 is 0 Å². The van der Waals surface area contributed by atoms with E-state index in [0.29, 0.717) is 25.6 Å². The standard InChI is InChI=1S/C11H18F3NO/c12-11(13,14)10-3-1-2-9(15-10)8-4-6-16-7-5-8/h8-10,15H,1-7H2. The second-order valence-corrected chi connectivity index (χ2v) is 4.75. The van der Waals surface area contributed by atoms with Crippen LogP contribution in [0.25, 0.3) is 0 Å². The molecule has 0 aliphatic carbocycles. The maximum Gasteiger partial charge on any atom is 0.403 e. The first-order chi connectivity index (χ1) is 7.57. The highest BCUT2D eigenvalue weighted by atomic mass is 19.4. The van der Waals surface area contributed by atoms with Crippen molar-refractivity contribution in [3.8, 4) is 0 Å². The molecule has 0 aromatic heterocycles. The Balaban J connectivity index is 1.90. The fourth-order valence-electron chi connectivity index (χ4n) is 2.72. The van der Waals surface area contributed by atoms with Crippen LogP contribution in [0.3, 0.4) is 0 Å². The van der Waals surface area contributed by atoms with E-state index in [4.69, 9.17) is 4.74 Å². The van der Waals surface area contributed by atoms with E-state index < -0.39 is 12.2 Å². The van der Waals surface area contributed by atoms with E-state index in [2.05, 4.69) is 5.32 Å². The summed E-state index contributed by atoms with van der Waals surface area (Å²) >= 11 is 0. The van der Waals surface area contributed by atoms with Gasteiger partial charge >= 0.3 is 6.18 Å². The average molecular weight is 237 g/mol. The molecule has 94 valence electrons. The maximum absolute atomic E-state index is 12.6. The first-order valence-corrected chi connectivity index (χ1v) is 5.98. The topological polar surface area (TPSA) is 21.3 Å². The smallest absolute Gasteiger partial charge is 0.381 e. The summed E-state index contributed by atoms with van der Waals surface area (Å²) in [7, 11) is 0. The summed E-state index contributed by atoms with van der Waals surface area (Å²) in [5.41, 5.74) is 0. The summed E-state index contributed by atoms with van der Waals surface area (Å²) in [4.78, 5) is 0. The molecule has 2 rings (SSSR count). The highest BCUT2D eigenvalue weighted by molar-refractivity contribution is 4.89. The number of nitrogens with one attached hydrogen (secondary N) is 1. The number of hydrogen-bond acceptors (Lipinski definition) is 2. The van der Waals surface area contributed by atoms with Crippen molar-refractivity contribution >= 4 is 0 Å².